The molecule has 0 unspecified atom stereocenters. The van der Waals surface area contributed by atoms with E-state index in [1.54, 1.807) is 67.6 Å². The van der Waals surface area contributed by atoms with Crippen LogP contribution in [0.3, 0.4) is 0 Å². The number of ether oxygens (including phenoxy) is 2. The van der Waals surface area contributed by atoms with Gasteiger partial charge in [0.05, 0.1) is 19.0 Å². The van der Waals surface area contributed by atoms with Crippen LogP contribution in [0.4, 0.5) is 11.4 Å². The summed E-state index contributed by atoms with van der Waals surface area (Å²) in [6.07, 6.45) is 1.50. The van der Waals surface area contributed by atoms with Gasteiger partial charge in [-0.25, -0.2) is 0 Å². The number of hydrogen-bond acceptors (Lipinski definition) is 6. The molecule has 1 heterocycles. The number of carbonyl (C=O) groups is 1. The van der Waals surface area contributed by atoms with Gasteiger partial charge in [0.2, 0.25) is 0 Å². The summed E-state index contributed by atoms with van der Waals surface area (Å²) in [6.45, 7) is 2.44. The smallest absolute Gasteiger partial charge is 0.299 e. The first-order valence-corrected chi connectivity index (χ1v) is 13.1. The number of benzene rings is 4. The Bertz CT molecular complexity index is 1720. The van der Waals surface area contributed by atoms with Gasteiger partial charge in [-0.3, -0.25) is 9.59 Å². The zero-order valence-electron chi connectivity index (χ0n) is 23.1. The summed E-state index contributed by atoms with van der Waals surface area (Å²) in [4.78, 5) is 28.7. The van der Waals surface area contributed by atoms with Crippen LogP contribution >= 0.6 is 0 Å². The number of nitrogens with one attached hydrogen (secondary N) is 1. The second-order valence-corrected chi connectivity index (χ2v) is 9.57. The van der Waals surface area contributed by atoms with Crippen molar-refractivity contribution in [3.63, 3.8) is 0 Å². The number of amides is 1. The molecule has 0 bridgehead atoms. The predicted octanol–water partition coefficient (Wildman–Crippen LogP) is 6.36. The van der Waals surface area contributed by atoms with Crippen molar-refractivity contribution in [1.82, 2.24) is 14.7 Å². The number of aryl methyl sites for hydroxylation is 1. The van der Waals surface area contributed by atoms with Crippen molar-refractivity contribution in [2.45, 2.75) is 13.5 Å². The van der Waals surface area contributed by atoms with Crippen LogP contribution < -0.4 is 20.3 Å². The lowest BCUT2D eigenvalue weighted by Crippen LogP contribution is -2.26. The molecule has 0 fully saturated rings. The highest BCUT2D eigenvalue weighted by Gasteiger charge is 2.17. The minimum atomic E-state index is -0.418. The standard InChI is InChI=1S/C33H30N4O4/c1-23-9-7-14-29(19-23)41-30-21-34-37(27-15-17-28(40-3)18-16-27)33(39)31(30)35-26-13-8-12-25(20-26)32(38)36(2)22-24-10-5-4-6-11-24/h4-21,35H,22H2,1-3H3. The van der Waals surface area contributed by atoms with E-state index < -0.39 is 5.56 Å². The average molecular weight is 547 g/mol. The second-order valence-electron chi connectivity index (χ2n) is 9.57. The third-order valence-electron chi connectivity index (χ3n) is 6.47. The second kappa shape index (κ2) is 12.2. The highest BCUT2D eigenvalue weighted by atomic mass is 16.5. The molecule has 0 atom stereocenters. The van der Waals surface area contributed by atoms with Crippen molar-refractivity contribution >= 4 is 17.3 Å². The summed E-state index contributed by atoms with van der Waals surface area (Å²) >= 11 is 0. The maximum Gasteiger partial charge on any atom is 0.299 e. The number of anilines is 2. The summed E-state index contributed by atoms with van der Waals surface area (Å²) in [5, 5.41) is 7.57. The monoisotopic (exact) mass is 546 g/mol. The molecule has 1 aromatic heterocycles. The van der Waals surface area contributed by atoms with Crippen LogP contribution in [0.2, 0.25) is 0 Å². The number of hydrogen-bond donors (Lipinski definition) is 1. The number of aromatic nitrogens is 2. The molecule has 0 aliphatic rings. The largest absolute Gasteiger partial charge is 0.497 e. The van der Waals surface area contributed by atoms with Crippen molar-refractivity contribution in [2.24, 2.45) is 0 Å². The molecule has 5 rings (SSSR count). The SMILES string of the molecule is COc1ccc(-n2ncc(Oc3cccc(C)c3)c(Nc3cccc(C(=O)N(C)Cc4ccccc4)c3)c2=O)cc1. The van der Waals surface area contributed by atoms with Gasteiger partial charge >= 0.3 is 0 Å². The quantitative estimate of drug-likeness (QED) is 0.232. The first kappa shape index (κ1) is 27.2. The van der Waals surface area contributed by atoms with E-state index in [0.29, 0.717) is 35.0 Å². The van der Waals surface area contributed by atoms with Crippen LogP contribution in [0.15, 0.2) is 114 Å². The molecule has 0 saturated heterocycles. The molecule has 0 aliphatic heterocycles. The van der Waals surface area contributed by atoms with Gasteiger partial charge in [0.25, 0.3) is 11.5 Å². The van der Waals surface area contributed by atoms with Gasteiger partial charge in [0, 0.05) is 24.8 Å². The summed E-state index contributed by atoms with van der Waals surface area (Å²) in [5.41, 5.74) is 3.42. The third kappa shape index (κ3) is 6.45. The van der Waals surface area contributed by atoms with Gasteiger partial charge in [-0.15, -0.1) is 0 Å². The van der Waals surface area contributed by atoms with Crippen molar-refractivity contribution in [2.75, 3.05) is 19.5 Å². The van der Waals surface area contributed by atoms with Gasteiger partial charge < -0.3 is 19.7 Å². The number of rotatable bonds is 9. The maximum atomic E-state index is 13.8. The first-order chi connectivity index (χ1) is 19.9. The zero-order valence-corrected chi connectivity index (χ0v) is 23.1. The number of nitrogens with zero attached hydrogens (tertiary/aromatic N) is 3. The Morgan fingerprint density at radius 2 is 1.66 bits per heavy atom. The predicted molar refractivity (Wildman–Crippen MR) is 160 cm³/mol. The van der Waals surface area contributed by atoms with Crippen LogP contribution in [-0.2, 0) is 6.54 Å². The lowest BCUT2D eigenvalue weighted by Gasteiger charge is -2.18. The van der Waals surface area contributed by atoms with Gasteiger partial charge in [-0.05, 0) is 72.6 Å². The molecular weight excluding hydrogens is 516 g/mol. The molecule has 0 aliphatic carbocycles. The number of carbonyl (C=O) groups excluding carboxylic acids is 1. The van der Waals surface area contributed by atoms with Crippen LogP contribution in [0.5, 0.6) is 17.2 Å². The van der Waals surface area contributed by atoms with Crippen molar-refractivity contribution in [3.05, 3.63) is 136 Å². The number of methoxy groups -OCH3 is 1. The molecular formula is C33H30N4O4. The van der Waals surface area contributed by atoms with Crippen LogP contribution in [0.25, 0.3) is 5.69 Å². The normalized spacial score (nSPS) is 10.6. The Morgan fingerprint density at radius 3 is 2.39 bits per heavy atom. The van der Waals surface area contributed by atoms with Crippen molar-refractivity contribution < 1.29 is 14.3 Å². The Hall–Kier alpha value is -5.37. The molecule has 1 N–H and O–H groups in total. The Labute approximate surface area is 238 Å². The fourth-order valence-electron chi connectivity index (χ4n) is 4.37. The van der Waals surface area contributed by atoms with Gasteiger partial charge in [-0.1, -0.05) is 48.5 Å². The molecule has 206 valence electrons. The lowest BCUT2D eigenvalue weighted by atomic mass is 10.1. The third-order valence-corrected chi connectivity index (χ3v) is 6.47. The zero-order chi connectivity index (χ0) is 28.8. The van der Waals surface area contributed by atoms with E-state index in [9.17, 15) is 9.59 Å². The van der Waals surface area contributed by atoms with Crippen LogP contribution in [0.1, 0.15) is 21.5 Å². The van der Waals surface area contributed by atoms with E-state index in [2.05, 4.69) is 10.4 Å². The summed E-state index contributed by atoms with van der Waals surface area (Å²) < 4.78 is 12.6. The van der Waals surface area contributed by atoms with Crippen molar-refractivity contribution in [3.8, 4) is 22.9 Å². The molecule has 0 saturated carbocycles. The molecule has 0 spiro atoms. The molecule has 1 amide bonds. The van der Waals surface area contributed by atoms with Crippen molar-refractivity contribution in [1.29, 1.82) is 0 Å². The minimum Gasteiger partial charge on any atom is -0.497 e. The first-order valence-electron chi connectivity index (χ1n) is 13.1. The molecule has 5 aromatic rings. The molecule has 8 heteroatoms. The molecule has 8 nitrogen and oxygen atoms in total. The summed E-state index contributed by atoms with van der Waals surface area (Å²) in [7, 11) is 3.34. The molecule has 4 aromatic carbocycles. The van der Waals surface area contributed by atoms with E-state index in [1.165, 1.54) is 10.9 Å². The Morgan fingerprint density at radius 1 is 0.902 bits per heavy atom. The average Bonchev–Trinajstić information content (AvgIpc) is 2.99. The maximum absolute atomic E-state index is 13.8. The van der Waals surface area contributed by atoms with E-state index in [0.717, 1.165) is 11.1 Å². The van der Waals surface area contributed by atoms with Crippen LogP contribution in [-0.4, -0.2) is 34.7 Å². The topological polar surface area (TPSA) is 85.7 Å². The molecule has 0 radical (unpaired) electrons. The summed E-state index contributed by atoms with van der Waals surface area (Å²) in [5.74, 6) is 1.35. The fourth-order valence-corrected chi connectivity index (χ4v) is 4.37. The molecule has 41 heavy (non-hydrogen) atoms. The highest BCUT2D eigenvalue weighted by Crippen LogP contribution is 2.30. The Balaban J connectivity index is 1.48. The summed E-state index contributed by atoms with van der Waals surface area (Å²) in [6, 6.07) is 31.4. The van der Waals surface area contributed by atoms with E-state index in [4.69, 9.17) is 9.47 Å². The Kier molecular flexibility index (Phi) is 8.10. The fraction of sp³-hybridized carbons (Fsp3) is 0.121. The van der Waals surface area contributed by atoms with E-state index >= 15 is 0 Å². The van der Waals surface area contributed by atoms with Gasteiger partial charge in [0.1, 0.15) is 11.5 Å². The highest BCUT2D eigenvalue weighted by molar-refractivity contribution is 5.95. The van der Waals surface area contributed by atoms with Crippen LogP contribution in [0, 0.1) is 6.92 Å². The van der Waals surface area contributed by atoms with Gasteiger partial charge in [-0.2, -0.15) is 9.78 Å². The van der Waals surface area contributed by atoms with Gasteiger partial charge in [0.15, 0.2) is 11.4 Å². The van der Waals surface area contributed by atoms with E-state index in [1.807, 2.05) is 61.5 Å². The minimum absolute atomic E-state index is 0.140. The van der Waals surface area contributed by atoms with E-state index in [-0.39, 0.29) is 17.3 Å². The lowest BCUT2D eigenvalue weighted by molar-refractivity contribution is 0.0785.